The Hall–Kier alpha value is -3.82. The van der Waals surface area contributed by atoms with E-state index in [0.717, 1.165) is 23.1 Å². The molecule has 5 nitrogen and oxygen atoms in total. The molecule has 0 spiro atoms. The summed E-state index contributed by atoms with van der Waals surface area (Å²) in [5.74, 6) is -0.660. The third-order valence-electron chi connectivity index (χ3n) is 6.41. The number of hydrogen-bond donors (Lipinski definition) is 1. The highest BCUT2D eigenvalue weighted by molar-refractivity contribution is 8.05. The van der Waals surface area contributed by atoms with Gasteiger partial charge in [-0.3, -0.25) is 14.5 Å². The Balaban J connectivity index is 1.72. The molecule has 1 fully saturated rings. The average molecular weight is 496 g/mol. The van der Waals surface area contributed by atoms with Crippen LogP contribution in [-0.4, -0.2) is 17.1 Å². The molecule has 6 heteroatoms. The van der Waals surface area contributed by atoms with E-state index in [1.165, 1.54) is 27.8 Å². The summed E-state index contributed by atoms with van der Waals surface area (Å²) in [4.78, 5) is 28.4. The second-order valence-corrected chi connectivity index (χ2v) is 10.2. The lowest BCUT2D eigenvalue weighted by Gasteiger charge is -2.19. The van der Waals surface area contributed by atoms with Crippen molar-refractivity contribution in [1.82, 2.24) is 0 Å². The first-order valence-corrected chi connectivity index (χ1v) is 12.9. The van der Waals surface area contributed by atoms with Gasteiger partial charge in [0.1, 0.15) is 16.7 Å². The molecule has 1 aliphatic heterocycles. The van der Waals surface area contributed by atoms with Crippen molar-refractivity contribution in [2.45, 2.75) is 45.8 Å². The molecule has 1 N–H and O–H groups in total. The fraction of sp³-hybridized carbons (Fsp3) is 0.233. The highest BCUT2D eigenvalue weighted by atomic mass is 32.2. The molecule has 1 aliphatic rings. The number of thioether (sulfide) groups is 1. The zero-order valence-corrected chi connectivity index (χ0v) is 21.8. The summed E-state index contributed by atoms with van der Waals surface area (Å²) in [5.41, 5.74) is 6.80. The molecule has 0 radical (unpaired) electrons. The molecule has 3 aromatic rings. The molecular formula is C30H29N3O2S. The highest BCUT2D eigenvalue weighted by Gasteiger charge is 2.40. The van der Waals surface area contributed by atoms with E-state index >= 15 is 0 Å². The number of nitriles is 1. The number of benzene rings is 3. The number of carbonyl (C=O) groups excluding carboxylic acids is 2. The predicted octanol–water partition coefficient (Wildman–Crippen LogP) is 6.24. The number of amides is 2. The van der Waals surface area contributed by atoms with Crippen LogP contribution in [0.25, 0.3) is 0 Å². The summed E-state index contributed by atoms with van der Waals surface area (Å²) in [6, 6.07) is 23.3. The van der Waals surface area contributed by atoms with Gasteiger partial charge in [0.15, 0.2) is 0 Å². The molecule has 2 amide bonds. The van der Waals surface area contributed by atoms with Crippen LogP contribution >= 0.6 is 11.8 Å². The van der Waals surface area contributed by atoms with Crippen LogP contribution in [0.5, 0.6) is 0 Å². The molecule has 1 heterocycles. The Morgan fingerprint density at radius 2 is 1.64 bits per heavy atom. The van der Waals surface area contributed by atoms with Crippen LogP contribution in [0.4, 0.5) is 11.4 Å². The maximum Gasteiger partial charge on any atom is 0.269 e. The molecular weight excluding hydrogens is 466 g/mol. The van der Waals surface area contributed by atoms with Gasteiger partial charge in [0.25, 0.3) is 5.91 Å². The lowest BCUT2D eigenvalue weighted by atomic mass is 10.0. The standard InChI is InChI=1S/C30H29N3O2S/c1-5-22-10-14-25(15-11-22)33-29(35)27(17-23-9-8-20(3)21(4)16-23)36-30(33)26(18-31)28(34)32-24-12-6-19(2)7-13-24/h6-16,27H,5,17H2,1-4H3,(H,32,34)/b30-26-. The third-order valence-corrected chi connectivity index (χ3v) is 7.67. The largest absolute Gasteiger partial charge is 0.321 e. The molecule has 1 unspecified atom stereocenters. The van der Waals surface area contributed by atoms with E-state index in [2.05, 4.69) is 44.3 Å². The maximum absolute atomic E-state index is 13.7. The topological polar surface area (TPSA) is 73.2 Å². The van der Waals surface area contributed by atoms with E-state index in [4.69, 9.17) is 0 Å². The highest BCUT2D eigenvalue weighted by Crippen LogP contribution is 2.42. The number of aryl methyl sites for hydroxylation is 4. The Morgan fingerprint density at radius 3 is 2.25 bits per heavy atom. The normalized spacial score (nSPS) is 16.6. The molecule has 3 aromatic carbocycles. The Bertz CT molecular complexity index is 1370. The van der Waals surface area contributed by atoms with E-state index in [0.29, 0.717) is 22.8 Å². The van der Waals surface area contributed by atoms with E-state index in [1.54, 1.807) is 12.1 Å². The number of nitrogens with one attached hydrogen (secondary N) is 1. The minimum atomic E-state index is -0.529. The molecule has 0 aliphatic carbocycles. The molecule has 36 heavy (non-hydrogen) atoms. The van der Waals surface area contributed by atoms with Gasteiger partial charge in [-0.1, -0.05) is 66.7 Å². The van der Waals surface area contributed by atoms with Crippen molar-refractivity contribution < 1.29 is 9.59 Å². The van der Waals surface area contributed by atoms with Crippen LogP contribution in [0.2, 0.25) is 0 Å². The third kappa shape index (κ3) is 5.37. The molecule has 182 valence electrons. The zero-order valence-electron chi connectivity index (χ0n) is 21.0. The zero-order chi connectivity index (χ0) is 25.8. The van der Waals surface area contributed by atoms with Gasteiger partial charge in [0.2, 0.25) is 5.91 Å². The summed E-state index contributed by atoms with van der Waals surface area (Å²) in [6.45, 7) is 8.15. The van der Waals surface area contributed by atoms with Gasteiger partial charge >= 0.3 is 0 Å². The van der Waals surface area contributed by atoms with Crippen molar-refractivity contribution >= 4 is 35.0 Å². The van der Waals surface area contributed by atoms with Crippen LogP contribution < -0.4 is 10.2 Å². The van der Waals surface area contributed by atoms with Gasteiger partial charge in [-0.25, -0.2) is 0 Å². The smallest absolute Gasteiger partial charge is 0.269 e. The average Bonchev–Trinajstić information content (AvgIpc) is 3.18. The molecule has 0 saturated carbocycles. The Morgan fingerprint density at radius 1 is 0.972 bits per heavy atom. The fourth-order valence-electron chi connectivity index (χ4n) is 4.08. The van der Waals surface area contributed by atoms with Crippen LogP contribution in [0.15, 0.2) is 77.3 Å². The van der Waals surface area contributed by atoms with E-state index in [9.17, 15) is 14.9 Å². The van der Waals surface area contributed by atoms with Gasteiger partial charge in [-0.2, -0.15) is 5.26 Å². The lowest BCUT2D eigenvalue weighted by Crippen LogP contribution is -2.31. The van der Waals surface area contributed by atoms with Gasteiger partial charge in [0.05, 0.1) is 5.25 Å². The van der Waals surface area contributed by atoms with Crippen LogP contribution in [0.1, 0.15) is 34.7 Å². The van der Waals surface area contributed by atoms with Crippen molar-refractivity contribution in [3.63, 3.8) is 0 Å². The van der Waals surface area contributed by atoms with Crippen LogP contribution in [0, 0.1) is 32.1 Å². The summed E-state index contributed by atoms with van der Waals surface area (Å²) < 4.78 is 0. The van der Waals surface area contributed by atoms with Gasteiger partial charge in [0, 0.05) is 11.4 Å². The first-order chi connectivity index (χ1) is 17.3. The molecule has 4 rings (SSSR count). The fourth-order valence-corrected chi connectivity index (χ4v) is 5.39. The summed E-state index contributed by atoms with van der Waals surface area (Å²) in [6.07, 6.45) is 1.39. The van der Waals surface area contributed by atoms with E-state index < -0.39 is 11.2 Å². The molecule has 1 atom stereocenters. The molecule has 1 saturated heterocycles. The van der Waals surface area contributed by atoms with Crippen LogP contribution in [-0.2, 0) is 22.4 Å². The van der Waals surface area contributed by atoms with Crippen molar-refractivity contribution in [3.05, 3.63) is 105 Å². The minimum absolute atomic E-state index is 0.0731. The first-order valence-electron chi connectivity index (χ1n) is 12.0. The summed E-state index contributed by atoms with van der Waals surface area (Å²) >= 11 is 1.28. The Labute approximate surface area is 216 Å². The van der Waals surface area contributed by atoms with E-state index in [-0.39, 0.29) is 11.5 Å². The number of nitrogens with zero attached hydrogens (tertiary/aromatic N) is 2. The predicted molar refractivity (Wildman–Crippen MR) is 147 cm³/mol. The van der Waals surface area contributed by atoms with Gasteiger partial charge in [-0.05, 0) is 80.1 Å². The number of rotatable bonds is 6. The van der Waals surface area contributed by atoms with Gasteiger partial charge in [-0.15, -0.1) is 0 Å². The quantitative estimate of drug-likeness (QED) is 0.325. The summed E-state index contributed by atoms with van der Waals surface area (Å²) in [7, 11) is 0. The van der Waals surface area contributed by atoms with Crippen molar-refractivity contribution in [2.75, 3.05) is 10.2 Å². The maximum atomic E-state index is 13.7. The molecule has 0 aromatic heterocycles. The second kappa shape index (κ2) is 10.8. The second-order valence-electron chi connectivity index (χ2n) is 9.03. The number of anilines is 2. The minimum Gasteiger partial charge on any atom is -0.321 e. The molecule has 0 bridgehead atoms. The van der Waals surface area contributed by atoms with Gasteiger partial charge < -0.3 is 5.32 Å². The lowest BCUT2D eigenvalue weighted by molar-refractivity contribution is -0.117. The summed E-state index contributed by atoms with van der Waals surface area (Å²) in [5, 5.41) is 12.8. The van der Waals surface area contributed by atoms with Crippen molar-refractivity contribution in [2.24, 2.45) is 0 Å². The van der Waals surface area contributed by atoms with Crippen LogP contribution in [0.3, 0.4) is 0 Å². The number of carbonyl (C=O) groups is 2. The first kappa shape index (κ1) is 25.3. The monoisotopic (exact) mass is 495 g/mol. The SMILES string of the molecule is CCc1ccc(N2C(=O)C(Cc3ccc(C)c(C)c3)S/C2=C(/C#N)C(=O)Nc2ccc(C)cc2)cc1. The van der Waals surface area contributed by atoms with Crippen molar-refractivity contribution in [3.8, 4) is 6.07 Å². The van der Waals surface area contributed by atoms with Crippen molar-refractivity contribution in [1.29, 1.82) is 5.26 Å². The number of hydrogen-bond acceptors (Lipinski definition) is 4. The Kier molecular flexibility index (Phi) is 7.61. The van der Waals surface area contributed by atoms with E-state index in [1.807, 2.05) is 49.4 Å².